The van der Waals surface area contributed by atoms with Gasteiger partial charge in [-0.25, -0.2) is 0 Å². The van der Waals surface area contributed by atoms with E-state index in [9.17, 15) is 25.2 Å². The van der Waals surface area contributed by atoms with Crippen LogP contribution in [0.25, 0.3) is 0 Å². The van der Waals surface area contributed by atoms with Crippen molar-refractivity contribution in [3.63, 3.8) is 0 Å². The number of unbranched alkanes of at least 4 members (excludes halogenated alkanes) is 7. The Bertz CT molecular complexity index is 375. The summed E-state index contributed by atoms with van der Waals surface area (Å²) in [6, 6.07) is -1.24. The van der Waals surface area contributed by atoms with Crippen molar-refractivity contribution in [3.05, 3.63) is 12.2 Å². The molecule has 0 saturated heterocycles. The van der Waals surface area contributed by atoms with E-state index in [4.69, 9.17) is 0 Å². The lowest BCUT2D eigenvalue weighted by Crippen LogP contribution is -2.73. The van der Waals surface area contributed by atoms with E-state index in [1.807, 2.05) is 6.08 Å². The number of hydrogen-bond acceptors (Lipinski definition) is 5. The highest BCUT2D eigenvalue weighted by Gasteiger charge is 2.21. The van der Waals surface area contributed by atoms with Crippen molar-refractivity contribution in [1.82, 2.24) is 0 Å². The Morgan fingerprint density at radius 3 is 2.15 bits per heavy atom. The topological polar surface area (TPSA) is 128 Å². The summed E-state index contributed by atoms with van der Waals surface area (Å²) in [4.78, 5) is 10.6. The lowest BCUT2D eigenvalue weighted by molar-refractivity contribution is -0.452. The molecule has 0 unspecified atom stereocenters. The van der Waals surface area contributed by atoms with Crippen LogP contribution in [0.15, 0.2) is 12.2 Å². The second-order valence-electron chi connectivity index (χ2n) is 7.22. The van der Waals surface area contributed by atoms with Crippen LogP contribution in [0.2, 0.25) is 0 Å². The molecule has 0 aromatic rings. The molecule has 0 spiro atoms. The largest absolute Gasteiger partial charge is 0.544 e. The van der Waals surface area contributed by atoms with Gasteiger partial charge in [0.05, 0.1) is 12.2 Å². The molecule has 4 atom stereocenters. The molecule has 0 amide bonds. The second kappa shape index (κ2) is 16.2. The van der Waals surface area contributed by atoms with Crippen molar-refractivity contribution in [2.75, 3.05) is 0 Å². The average molecular weight is 374 g/mol. The molecule has 154 valence electrons. The zero-order chi connectivity index (χ0) is 19.8. The lowest BCUT2D eigenvalue weighted by atomic mass is 10.0. The van der Waals surface area contributed by atoms with Crippen LogP contribution in [0.4, 0.5) is 0 Å². The van der Waals surface area contributed by atoms with E-state index >= 15 is 0 Å². The van der Waals surface area contributed by atoms with E-state index in [2.05, 4.69) is 12.7 Å². The first-order chi connectivity index (χ1) is 12.4. The first-order valence-electron chi connectivity index (χ1n) is 10.1. The molecule has 0 heterocycles. The monoisotopic (exact) mass is 373 g/mol. The van der Waals surface area contributed by atoms with Crippen LogP contribution in [0.3, 0.4) is 0 Å². The zero-order valence-electron chi connectivity index (χ0n) is 16.3. The number of carbonyl (C=O) groups is 1. The van der Waals surface area contributed by atoms with Gasteiger partial charge in [0.15, 0.2) is 6.04 Å². The summed E-state index contributed by atoms with van der Waals surface area (Å²) in [5.74, 6) is -1.42. The SMILES string of the molecule is CCCCCC[C@@H](O)CCCCCC/C=C/[C@H](O)C[C@H](O)[C@H]([NH3+])C(=O)[O-]. The van der Waals surface area contributed by atoms with E-state index in [0.717, 1.165) is 51.4 Å². The minimum Gasteiger partial charge on any atom is -0.544 e. The molecule has 0 aromatic heterocycles. The Morgan fingerprint density at radius 1 is 1.00 bits per heavy atom. The summed E-state index contributed by atoms with van der Waals surface area (Å²) in [6.45, 7) is 2.19. The average Bonchev–Trinajstić information content (AvgIpc) is 2.60. The van der Waals surface area contributed by atoms with Crippen LogP contribution in [0, 0.1) is 0 Å². The maximum Gasteiger partial charge on any atom is 0.151 e. The van der Waals surface area contributed by atoms with E-state index in [1.165, 1.54) is 19.3 Å². The number of carboxylic acid groups (broad SMARTS) is 1. The summed E-state index contributed by atoms with van der Waals surface area (Å²) in [5, 5.41) is 39.8. The molecular weight excluding hydrogens is 334 g/mol. The highest BCUT2D eigenvalue weighted by atomic mass is 16.4. The first-order valence-corrected chi connectivity index (χ1v) is 10.1. The number of aliphatic carboxylic acids is 1. The quantitative estimate of drug-likeness (QED) is 0.220. The minimum atomic E-state index is -1.42. The predicted molar refractivity (Wildman–Crippen MR) is 99.9 cm³/mol. The number of allylic oxidation sites excluding steroid dienone is 1. The zero-order valence-corrected chi connectivity index (χ0v) is 16.3. The molecular formula is C20H39NO5. The van der Waals surface area contributed by atoms with Crippen LogP contribution in [-0.4, -0.2) is 45.6 Å². The van der Waals surface area contributed by atoms with Crippen LogP contribution in [0.1, 0.15) is 84.0 Å². The van der Waals surface area contributed by atoms with Crippen molar-refractivity contribution in [1.29, 1.82) is 0 Å². The number of carbonyl (C=O) groups excluding carboxylic acids is 1. The fourth-order valence-electron chi connectivity index (χ4n) is 2.85. The number of aliphatic hydroxyl groups excluding tert-OH is 3. The van der Waals surface area contributed by atoms with Crippen LogP contribution < -0.4 is 10.8 Å². The Hall–Kier alpha value is -0.950. The van der Waals surface area contributed by atoms with E-state index < -0.39 is 24.2 Å². The second-order valence-corrected chi connectivity index (χ2v) is 7.22. The van der Waals surface area contributed by atoms with Gasteiger partial charge in [0.25, 0.3) is 0 Å². The molecule has 0 rings (SSSR count). The van der Waals surface area contributed by atoms with Gasteiger partial charge in [-0.3, -0.25) is 0 Å². The number of rotatable bonds is 17. The molecule has 0 radical (unpaired) electrons. The highest BCUT2D eigenvalue weighted by Crippen LogP contribution is 2.13. The first kappa shape index (κ1) is 25.1. The van der Waals surface area contributed by atoms with E-state index in [-0.39, 0.29) is 12.5 Å². The smallest absolute Gasteiger partial charge is 0.151 e. The molecule has 0 aromatic carbocycles. The molecule has 0 saturated carbocycles. The molecule has 0 fully saturated rings. The third-order valence-corrected chi connectivity index (χ3v) is 4.66. The fraction of sp³-hybridized carbons (Fsp3) is 0.850. The molecule has 0 aliphatic heterocycles. The predicted octanol–water partition coefficient (Wildman–Crippen LogP) is 0.687. The Labute approximate surface area is 158 Å². The summed E-state index contributed by atoms with van der Waals surface area (Å²) in [6.07, 6.45) is 12.8. The van der Waals surface area contributed by atoms with E-state index in [0.29, 0.717) is 0 Å². The lowest BCUT2D eigenvalue weighted by Gasteiger charge is -2.17. The van der Waals surface area contributed by atoms with Gasteiger partial charge in [0.2, 0.25) is 0 Å². The van der Waals surface area contributed by atoms with Crippen molar-refractivity contribution >= 4 is 5.97 Å². The molecule has 6 nitrogen and oxygen atoms in total. The van der Waals surface area contributed by atoms with Gasteiger partial charge in [0.1, 0.15) is 12.1 Å². The van der Waals surface area contributed by atoms with Gasteiger partial charge >= 0.3 is 0 Å². The molecule has 0 bridgehead atoms. The van der Waals surface area contributed by atoms with E-state index in [1.54, 1.807) is 6.08 Å². The van der Waals surface area contributed by atoms with Crippen molar-refractivity contribution < 1.29 is 31.0 Å². The molecule has 6 heteroatoms. The summed E-state index contributed by atoms with van der Waals surface area (Å²) >= 11 is 0. The summed E-state index contributed by atoms with van der Waals surface area (Å²) in [7, 11) is 0. The molecule has 0 aliphatic carbocycles. The van der Waals surface area contributed by atoms with Gasteiger partial charge in [-0.15, -0.1) is 0 Å². The standard InChI is InChI=1S/C20H39NO5/c1-2-3-4-9-12-16(22)13-10-7-5-6-8-11-14-17(23)15-18(24)19(21)20(25)26/h11,14,16-19,22-24H,2-10,12-13,15,21H2,1H3,(H,25,26)/b14-11+/t16-,17+,18+,19+/m1/s1. The van der Waals surface area contributed by atoms with Gasteiger partial charge < -0.3 is 31.0 Å². The number of quaternary nitrogens is 1. The van der Waals surface area contributed by atoms with Crippen molar-refractivity contribution in [2.45, 2.75) is 108 Å². The number of hydrogen-bond donors (Lipinski definition) is 4. The van der Waals surface area contributed by atoms with Crippen molar-refractivity contribution in [2.24, 2.45) is 0 Å². The van der Waals surface area contributed by atoms with Gasteiger partial charge in [0, 0.05) is 6.42 Å². The number of carboxylic acids is 1. The minimum absolute atomic E-state index is 0.0607. The molecule has 0 aliphatic rings. The Morgan fingerprint density at radius 2 is 1.58 bits per heavy atom. The van der Waals surface area contributed by atoms with Gasteiger partial charge in [-0.2, -0.15) is 0 Å². The van der Waals surface area contributed by atoms with Gasteiger partial charge in [-0.1, -0.05) is 64.0 Å². The highest BCUT2D eigenvalue weighted by molar-refractivity contribution is 5.69. The maximum atomic E-state index is 10.6. The Kier molecular flexibility index (Phi) is 15.6. The van der Waals surface area contributed by atoms with Crippen LogP contribution >= 0.6 is 0 Å². The van der Waals surface area contributed by atoms with Crippen LogP contribution in [0.5, 0.6) is 0 Å². The van der Waals surface area contributed by atoms with Gasteiger partial charge in [-0.05, 0) is 25.7 Å². The molecule has 26 heavy (non-hydrogen) atoms. The van der Waals surface area contributed by atoms with Crippen LogP contribution in [-0.2, 0) is 4.79 Å². The third kappa shape index (κ3) is 14.2. The number of aliphatic hydroxyl groups is 3. The summed E-state index contributed by atoms with van der Waals surface area (Å²) in [5.41, 5.74) is 3.30. The molecule has 6 N–H and O–H groups in total. The summed E-state index contributed by atoms with van der Waals surface area (Å²) < 4.78 is 0. The fourth-order valence-corrected chi connectivity index (χ4v) is 2.85. The third-order valence-electron chi connectivity index (χ3n) is 4.66. The van der Waals surface area contributed by atoms with Crippen molar-refractivity contribution in [3.8, 4) is 0 Å². The maximum absolute atomic E-state index is 10.6. The Balaban J connectivity index is 3.59. The normalized spacial score (nSPS) is 16.5.